The predicted octanol–water partition coefficient (Wildman–Crippen LogP) is 5.88. The summed E-state index contributed by atoms with van der Waals surface area (Å²) >= 11 is 1.44. The van der Waals surface area contributed by atoms with Gasteiger partial charge in [0, 0.05) is 12.0 Å². The van der Waals surface area contributed by atoms with E-state index in [1.165, 1.54) is 23.5 Å². The van der Waals surface area contributed by atoms with E-state index in [-0.39, 0.29) is 30.9 Å². The van der Waals surface area contributed by atoms with Gasteiger partial charge in [0.2, 0.25) is 0 Å². The maximum absolute atomic E-state index is 13.6. The number of nitrogens with zero attached hydrogens (tertiary/aromatic N) is 2. The van der Waals surface area contributed by atoms with Gasteiger partial charge in [0.1, 0.15) is 24.2 Å². The standard InChI is InChI=1S/C19H18F4N2OS/c1-11-17(10-26-15-7-4-13(9-24)16(20)8-15)27-18(25-11)12-2-5-14(6-3-12)19(21,22)23/h4,7-8,12,14H,2-3,5-6,10H2,1H3/t12-,14-. The predicted molar refractivity (Wildman–Crippen MR) is 93.1 cm³/mol. The van der Waals surface area contributed by atoms with Crippen molar-refractivity contribution in [2.24, 2.45) is 5.92 Å². The quantitative estimate of drug-likeness (QED) is 0.605. The first kappa shape index (κ1) is 19.6. The van der Waals surface area contributed by atoms with Gasteiger partial charge < -0.3 is 4.74 Å². The third kappa shape index (κ3) is 4.59. The zero-order valence-electron chi connectivity index (χ0n) is 14.6. The maximum atomic E-state index is 13.6. The summed E-state index contributed by atoms with van der Waals surface area (Å²) < 4.78 is 57.6. The lowest BCUT2D eigenvalue weighted by Crippen LogP contribution is -2.27. The minimum atomic E-state index is -4.11. The zero-order valence-corrected chi connectivity index (χ0v) is 15.5. The summed E-state index contributed by atoms with van der Waals surface area (Å²) in [6.45, 7) is 2.03. The molecule has 0 atom stereocenters. The van der Waals surface area contributed by atoms with Gasteiger partial charge in [-0.05, 0) is 44.7 Å². The number of rotatable bonds is 4. The van der Waals surface area contributed by atoms with Crippen molar-refractivity contribution in [2.75, 3.05) is 0 Å². The molecular weight excluding hydrogens is 380 g/mol. The van der Waals surface area contributed by atoms with E-state index in [0.29, 0.717) is 18.6 Å². The molecule has 3 rings (SSSR count). The van der Waals surface area contributed by atoms with E-state index < -0.39 is 17.9 Å². The molecule has 0 saturated heterocycles. The molecule has 144 valence electrons. The summed E-state index contributed by atoms with van der Waals surface area (Å²) in [5.74, 6) is -1.48. The molecule has 0 radical (unpaired) electrons. The molecule has 0 bridgehead atoms. The van der Waals surface area contributed by atoms with Crippen molar-refractivity contribution in [1.29, 1.82) is 5.26 Å². The first-order valence-corrected chi connectivity index (χ1v) is 9.45. The largest absolute Gasteiger partial charge is 0.488 e. The molecule has 1 aromatic heterocycles. The second-order valence-corrected chi connectivity index (χ2v) is 7.81. The van der Waals surface area contributed by atoms with E-state index in [0.717, 1.165) is 21.6 Å². The van der Waals surface area contributed by atoms with Crippen molar-refractivity contribution in [2.45, 2.75) is 51.3 Å². The molecule has 0 spiro atoms. The van der Waals surface area contributed by atoms with Crippen LogP contribution in [0.25, 0.3) is 0 Å². The fourth-order valence-corrected chi connectivity index (χ4v) is 4.40. The summed E-state index contributed by atoms with van der Waals surface area (Å²) in [6.07, 6.45) is -2.86. The summed E-state index contributed by atoms with van der Waals surface area (Å²) in [5, 5.41) is 9.59. The number of hydrogen-bond acceptors (Lipinski definition) is 4. The van der Waals surface area contributed by atoms with Crippen LogP contribution in [0.5, 0.6) is 5.75 Å². The van der Waals surface area contributed by atoms with E-state index in [2.05, 4.69) is 4.98 Å². The zero-order chi connectivity index (χ0) is 19.6. The minimum Gasteiger partial charge on any atom is -0.488 e. The number of thiazole rings is 1. The van der Waals surface area contributed by atoms with Crippen LogP contribution in [0, 0.1) is 30.0 Å². The van der Waals surface area contributed by atoms with Crippen molar-refractivity contribution in [3.63, 3.8) is 0 Å². The molecule has 1 aromatic carbocycles. The molecule has 1 aliphatic rings. The fourth-order valence-electron chi connectivity index (χ4n) is 3.25. The first-order chi connectivity index (χ1) is 12.8. The number of halogens is 4. The van der Waals surface area contributed by atoms with Gasteiger partial charge in [0.05, 0.1) is 27.1 Å². The van der Waals surface area contributed by atoms with Gasteiger partial charge in [0.15, 0.2) is 0 Å². The molecule has 0 N–H and O–H groups in total. The Morgan fingerprint density at radius 3 is 2.56 bits per heavy atom. The molecule has 1 aliphatic carbocycles. The molecule has 0 unspecified atom stereocenters. The van der Waals surface area contributed by atoms with Crippen molar-refractivity contribution >= 4 is 11.3 Å². The molecule has 1 saturated carbocycles. The highest BCUT2D eigenvalue weighted by Gasteiger charge is 2.42. The van der Waals surface area contributed by atoms with Crippen LogP contribution in [0.1, 0.15) is 52.7 Å². The van der Waals surface area contributed by atoms with Gasteiger partial charge in [-0.2, -0.15) is 18.4 Å². The van der Waals surface area contributed by atoms with E-state index in [4.69, 9.17) is 10.00 Å². The molecule has 0 amide bonds. The Balaban J connectivity index is 1.62. The average Bonchev–Trinajstić information content (AvgIpc) is 3.00. The SMILES string of the molecule is Cc1nc([C@H]2CC[C@H](C(F)(F)F)CC2)sc1COc1ccc(C#N)c(F)c1. The summed E-state index contributed by atoms with van der Waals surface area (Å²) in [4.78, 5) is 5.39. The molecule has 8 heteroatoms. The maximum Gasteiger partial charge on any atom is 0.391 e. The van der Waals surface area contributed by atoms with E-state index in [1.54, 1.807) is 6.07 Å². The Kier molecular flexibility index (Phi) is 5.70. The van der Waals surface area contributed by atoms with Crippen LogP contribution in [0.4, 0.5) is 17.6 Å². The third-order valence-electron chi connectivity index (χ3n) is 4.88. The molecule has 1 heterocycles. The molecule has 2 aromatic rings. The lowest BCUT2D eigenvalue weighted by molar-refractivity contribution is -0.182. The second-order valence-electron chi connectivity index (χ2n) is 6.69. The fraction of sp³-hybridized carbons (Fsp3) is 0.474. The van der Waals surface area contributed by atoms with Gasteiger partial charge in [0.25, 0.3) is 0 Å². The first-order valence-electron chi connectivity index (χ1n) is 8.63. The van der Waals surface area contributed by atoms with E-state index >= 15 is 0 Å². The van der Waals surface area contributed by atoms with Crippen LogP contribution in [-0.2, 0) is 6.61 Å². The van der Waals surface area contributed by atoms with Gasteiger partial charge in [-0.1, -0.05) is 0 Å². The van der Waals surface area contributed by atoms with Crippen LogP contribution in [0.2, 0.25) is 0 Å². The van der Waals surface area contributed by atoms with Crippen molar-refractivity contribution in [3.05, 3.63) is 45.2 Å². The third-order valence-corrected chi connectivity index (χ3v) is 6.17. The minimum absolute atomic E-state index is 0.0481. The van der Waals surface area contributed by atoms with E-state index in [1.807, 2.05) is 6.92 Å². The molecular formula is C19H18F4N2OS. The molecule has 1 fully saturated rings. The Labute approximate surface area is 158 Å². The summed E-state index contributed by atoms with van der Waals surface area (Å²) in [5.41, 5.74) is 0.732. The van der Waals surface area contributed by atoms with Gasteiger partial charge in [-0.25, -0.2) is 9.37 Å². The highest BCUT2D eigenvalue weighted by Crippen LogP contribution is 2.44. The van der Waals surface area contributed by atoms with E-state index in [9.17, 15) is 17.6 Å². The lowest BCUT2D eigenvalue weighted by Gasteiger charge is -2.28. The van der Waals surface area contributed by atoms with Crippen molar-refractivity contribution in [3.8, 4) is 11.8 Å². The van der Waals surface area contributed by atoms with Crippen molar-refractivity contribution in [1.82, 2.24) is 4.98 Å². The lowest BCUT2D eigenvalue weighted by atomic mass is 9.82. The van der Waals surface area contributed by atoms with Gasteiger partial charge in [-0.15, -0.1) is 11.3 Å². The molecule has 27 heavy (non-hydrogen) atoms. The number of ether oxygens (including phenoxy) is 1. The molecule has 0 aliphatic heterocycles. The number of nitriles is 1. The highest BCUT2D eigenvalue weighted by molar-refractivity contribution is 7.11. The number of benzene rings is 1. The summed E-state index contributed by atoms with van der Waals surface area (Å²) in [6, 6.07) is 5.79. The Morgan fingerprint density at radius 2 is 1.96 bits per heavy atom. The van der Waals surface area contributed by atoms with Crippen LogP contribution < -0.4 is 4.74 Å². The smallest absolute Gasteiger partial charge is 0.391 e. The van der Waals surface area contributed by atoms with Gasteiger partial charge >= 0.3 is 6.18 Å². The van der Waals surface area contributed by atoms with Crippen LogP contribution in [0.15, 0.2) is 18.2 Å². The number of aromatic nitrogens is 1. The number of alkyl halides is 3. The van der Waals surface area contributed by atoms with Crippen LogP contribution in [-0.4, -0.2) is 11.2 Å². The van der Waals surface area contributed by atoms with Crippen LogP contribution >= 0.6 is 11.3 Å². The Hall–Kier alpha value is -2.14. The number of aryl methyl sites for hydroxylation is 1. The second kappa shape index (κ2) is 7.85. The topological polar surface area (TPSA) is 45.9 Å². The average molecular weight is 398 g/mol. The Bertz CT molecular complexity index is 848. The highest BCUT2D eigenvalue weighted by atomic mass is 32.1. The van der Waals surface area contributed by atoms with Crippen LogP contribution in [0.3, 0.4) is 0 Å². The summed E-state index contributed by atoms with van der Waals surface area (Å²) in [7, 11) is 0. The Morgan fingerprint density at radius 1 is 1.26 bits per heavy atom. The number of hydrogen-bond donors (Lipinski definition) is 0. The normalized spacial score (nSPS) is 20.3. The van der Waals surface area contributed by atoms with Gasteiger partial charge in [-0.3, -0.25) is 0 Å². The van der Waals surface area contributed by atoms with Crippen molar-refractivity contribution < 1.29 is 22.3 Å². The monoisotopic (exact) mass is 398 g/mol. The molecule has 3 nitrogen and oxygen atoms in total.